The van der Waals surface area contributed by atoms with Gasteiger partial charge in [0.25, 0.3) is 0 Å². The van der Waals surface area contributed by atoms with Gasteiger partial charge in [0.2, 0.25) is 0 Å². The number of aliphatic hydroxyl groups excluding tert-OH is 1. The van der Waals surface area contributed by atoms with Gasteiger partial charge in [-0.05, 0) is 6.07 Å². The maximum absolute atomic E-state index is 9.08. The molecule has 1 unspecified atom stereocenters. The van der Waals surface area contributed by atoms with Gasteiger partial charge >= 0.3 is 0 Å². The number of ether oxygens (including phenoxy) is 2. The van der Waals surface area contributed by atoms with Crippen LogP contribution in [0.15, 0.2) is 24.3 Å². The maximum atomic E-state index is 9.08. The van der Waals surface area contributed by atoms with Crippen LogP contribution in [0, 0.1) is 0 Å². The summed E-state index contributed by atoms with van der Waals surface area (Å²) < 4.78 is 11.2. The summed E-state index contributed by atoms with van der Waals surface area (Å²) >= 11 is 0. The van der Waals surface area contributed by atoms with Crippen molar-refractivity contribution in [1.82, 2.24) is 4.90 Å². The van der Waals surface area contributed by atoms with Crippen molar-refractivity contribution in [2.75, 3.05) is 39.5 Å². The molecule has 0 saturated carbocycles. The predicted octanol–water partition coefficient (Wildman–Crippen LogP) is 0.217. The van der Waals surface area contributed by atoms with E-state index in [-0.39, 0.29) is 12.7 Å². The first-order chi connectivity index (χ1) is 9.33. The summed E-state index contributed by atoms with van der Waals surface area (Å²) in [7, 11) is 0. The Hall–Kier alpha value is -1.14. The molecule has 1 aliphatic heterocycles. The van der Waals surface area contributed by atoms with E-state index in [1.54, 1.807) is 0 Å². The first kappa shape index (κ1) is 14.3. The molecule has 0 aromatic heterocycles. The first-order valence-electron chi connectivity index (χ1n) is 6.69. The van der Waals surface area contributed by atoms with Crippen LogP contribution in [-0.2, 0) is 11.3 Å². The molecule has 5 heteroatoms. The summed E-state index contributed by atoms with van der Waals surface area (Å²) in [5.74, 6) is 0.858. The van der Waals surface area contributed by atoms with Gasteiger partial charge in [0.05, 0.1) is 19.3 Å². The van der Waals surface area contributed by atoms with Crippen molar-refractivity contribution in [3.05, 3.63) is 29.8 Å². The highest BCUT2D eigenvalue weighted by molar-refractivity contribution is 5.32. The van der Waals surface area contributed by atoms with Gasteiger partial charge in [0, 0.05) is 31.7 Å². The minimum atomic E-state index is -0.0647. The molecule has 0 bridgehead atoms. The minimum Gasteiger partial charge on any atom is -0.492 e. The van der Waals surface area contributed by atoms with Crippen molar-refractivity contribution in [3.8, 4) is 5.75 Å². The van der Waals surface area contributed by atoms with Gasteiger partial charge in [-0.15, -0.1) is 0 Å². The third kappa shape index (κ3) is 4.18. The Balaban J connectivity index is 1.77. The average Bonchev–Trinajstić information content (AvgIpc) is 2.48. The Kier molecular flexibility index (Phi) is 5.60. The Labute approximate surface area is 113 Å². The smallest absolute Gasteiger partial charge is 0.123 e. The third-order valence-corrected chi connectivity index (χ3v) is 3.28. The molecule has 106 valence electrons. The number of benzene rings is 1. The lowest BCUT2D eigenvalue weighted by atomic mass is 10.2. The van der Waals surface area contributed by atoms with E-state index in [2.05, 4.69) is 4.90 Å². The van der Waals surface area contributed by atoms with E-state index in [9.17, 15) is 0 Å². The molecule has 0 amide bonds. The third-order valence-electron chi connectivity index (χ3n) is 3.28. The number of morpholine rings is 1. The summed E-state index contributed by atoms with van der Waals surface area (Å²) in [5.41, 5.74) is 6.69. The van der Waals surface area contributed by atoms with E-state index in [1.807, 2.05) is 24.3 Å². The fourth-order valence-corrected chi connectivity index (χ4v) is 2.19. The highest BCUT2D eigenvalue weighted by atomic mass is 16.5. The molecule has 2 rings (SSSR count). The lowest BCUT2D eigenvalue weighted by Gasteiger charge is -2.31. The second-order valence-corrected chi connectivity index (χ2v) is 4.64. The van der Waals surface area contributed by atoms with Gasteiger partial charge in [-0.2, -0.15) is 0 Å². The van der Waals surface area contributed by atoms with Gasteiger partial charge in [-0.3, -0.25) is 4.90 Å². The molecular weight excluding hydrogens is 244 g/mol. The lowest BCUT2D eigenvalue weighted by molar-refractivity contribution is -0.0547. The second kappa shape index (κ2) is 7.45. The maximum Gasteiger partial charge on any atom is 0.123 e. The number of hydrogen-bond donors (Lipinski definition) is 2. The molecule has 3 N–H and O–H groups in total. The summed E-state index contributed by atoms with van der Waals surface area (Å²) in [4.78, 5) is 2.25. The predicted molar refractivity (Wildman–Crippen MR) is 73.1 cm³/mol. The van der Waals surface area contributed by atoms with E-state index >= 15 is 0 Å². The highest BCUT2D eigenvalue weighted by Gasteiger charge is 2.19. The van der Waals surface area contributed by atoms with Crippen molar-refractivity contribution in [2.45, 2.75) is 12.6 Å². The standard InChI is InChI=1S/C14H22N2O3/c15-9-12-3-1-2-4-14(12)19-8-6-16-5-7-18-13(10-16)11-17/h1-4,13,17H,5-11,15H2. The van der Waals surface area contributed by atoms with Crippen LogP contribution < -0.4 is 10.5 Å². The Morgan fingerprint density at radius 3 is 3.05 bits per heavy atom. The molecule has 1 aromatic carbocycles. The normalized spacial score (nSPS) is 20.4. The fourth-order valence-electron chi connectivity index (χ4n) is 2.19. The van der Waals surface area contributed by atoms with Crippen molar-refractivity contribution < 1.29 is 14.6 Å². The number of hydrogen-bond acceptors (Lipinski definition) is 5. The van der Waals surface area contributed by atoms with Gasteiger partial charge < -0.3 is 20.3 Å². The van der Waals surface area contributed by atoms with Crippen LogP contribution >= 0.6 is 0 Å². The van der Waals surface area contributed by atoms with Crippen molar-refractivity contribution in [3.63, 3.8) is 0 Å². The molecule has 0 aliphatic carbocycles. The highest BCUT2D eigenvalue weighted by Crippen LogP contribution is 2.17. The zero-order chi connectivity index (χ0) is 13.5. The molecule has 1 atom stereocenters. The van der Waals surface area contributed by atoms with Crippen LogP contribution in [0.4, 0.5) is 0 Å². The first-order valence-corrected chi connectivity index (χ1v) is 6.69. The van der Waals surface area contributed by atoms with Crippen LogP contribution in [0.2, 0.25) is 0 Å². The molecule has 1 saturated heterocycles. The zero-order valence-corrected chi connectivity index (χ0v) is 11.1. The molecule has 1 aromatic rings. The fraction of sp³-hybridized carbons (Fsp3) is 0.571. The topological polar surface area (TPSA) is 68.0 Å². The zero-order valence-electron chi connectivity index (χ0n) is 11.1. The molecule has 0 radical (unpaired) electrons. The molecule has 0 spiro atoms. The second-order valence-electron chi connectivity index (χ2n) is 4.64. The van der Waals surface area contributed by atoms with E-state index in [4.69, 9.17) is 20.3 Å². The number of aliphatic hydroxyl groups is 1. The van der Waals surface area contributed by atoms with Crippen molar-refractivity contribution in [2.24, 2.45) is 5.73 Å². The van der Waals surface area contributed by atoms with Crippen LogP contribution in [0.1, 0.15) is 5.56 Å². The van der Waals surface area contributed by atoms with Crippen LogP contribution in [0.5, 0.6) is 5.75 Å². The molecule has 5 nitrogen and oxygen atoms in total. The number of rotatable bonds is 6. The summed E-state index contributed by atoms with van der Waals surface area (Å²) in [6.07, 6.45) is -0.0647. The van der Waals surface area contributed by atoms with Crippen molar-refractivity contribution >= 4 is 0 Å². The van der Waals surface area contributed by atoms with Crippen molar-refractivity contribution in [1.29, 1.82) is 0 Å². The monoisotopic (exact) mass is 266 g/mol. The molecular formula is C14H22N2O3. The van der Waals surface area contributed by atoms with Crippen LogP contribution in [-0.4, -0.2) is 55.6 Å². The molecule has 1 fully saturated rings. The largest absolute Gasteiger partial charge is 0.492 e. The Morgan fingerprint density at radius 2 is 2.26 bits per heavy atom. The average molecular weight is 266 g/mol. The number of para-hydroxylation sites is 1. The van der Waals surface area contributed by atoms with Crippen LogP contribution in [0.25, 0.3) is 0 Å². The SMILES string of the molecule is NCc1ccccc1OCCN1CCOC(CO)C1. The van der Waals surface area contributed by atoms with Gasteiger partial charge in [0.15, 0.2) is 0 Å². The quantitative estimate of drug-likeness (QED) is 0.771. The summed E-state index contributed by atoms with van der Waals surface area (Å²) in [6.45, 7) is 4.34. The van der Waals surface area contributed by atoms with Gasteiger partial charge in [-0.1, -0.05) is 18.2 Å². The van der Waals surface area contributed by atoms with Crippen LogP contribution in [0.3, 0.4) is 0 Å². The Bertz CT molecular complexity index is 387. The summed E-state index contributed by atoms with van der Waals surface area (Å²) in [5, 5.41) is 9.08. The molecule has 19 heavy (non-hydrogen) atoms. The van der Waals surface area contributed by atoms with E-state index in [0.29, 0.717) is 19.8 Å². The number of nitrogens with two attached hydrogens (primary N) is 1. The lowest BCUT2D eigenvalue weighted by Crippen LogP contribution is -2.45. The number of nitrogens with zero attached hydrogens (tertiary/aromatic N) is 1. The minimum absolute atomic E-state index is 0.0647. The van der Waals surface area contributed by atoms with E-state index in [0.717, 1.165) is 30.9 Å². The van der Waals surface area contributed by atoms with E-state index < -0.39 is 0 Å². The van der Waals surface area contributed by atoms with Gasteiger partial charge in [-0.25, -0.2) is 0 Å². The Morgan fingerprint density at radius 1 is 1.42 bits per heavy atom. The van der Waals surface area contributed by atoms with Gasteiger partial charge in [0.1, 0.15) is 12.4 Å². The molecule has 1 heterocycles. The van der Waals surface area contributed by atoms with E-state index in [1.165, 1.54) is 0 Å². The molecule has 1 aliphatic rings. The summed E-state index contributed by atoms with van der Waals surface area (Å²) in [6, 6.07) is 7.83.